The maximum atomic E-state index is 12.4. The van der Waals surface area contributed by atoms with Crippen molar-refractivity contribution in [3.8, 4) is 0 Å². The summed E-state index contributed by atoms with van der Waals surface area (Å²) in [7, 11) is -3.86. The van der Waals surface area contributed by atoms with Crippen LogP contribution in [0.2, 0.25) is 0 Å². The van der Waals surface area contributed by atoms with Crippen molar-refractivity contribution in [2.75, 3.05) is 26.3 Å². The molecule has 0 aliphatic carbocycles. The maximum absolute atomic E-state index is 12.4. The van der Waals surface area contributed by atoms with Gasteiger partial charge in [0.2, 0.25) is 10.0 Å². The number of nitrogens with zero attached hydrogens (tertiary/aromatic N) is 1. The second kappa shape index (κ2) is 6.92. The van der Waals surface area contributed by atoms with E-state index in [2.05, 4.69) is 0 Å². The molecule has 1 aromatic rings. The van der Waals surface area contributed by atoms with Crippen LogP contribution in [0.25, 0.3) is 0 Å². The summed E-state index contributed by atoms with van der Waals surface area (Å²) in [5, 5.41) is 17.8. The van der Waals surface area contributed by atoms with Crippen LogP contribution in [0.5, 0.6) is 0 Å². The van der Waals surface area contributed by atoms with Crippen LogP contribution in [0.3, 0.4) is 0 Å². The third kappa shape index (κ3) is 3.71. The van der Waals surface area contributed by atoms with Gasteiger partial charge >= 0.3 is 0 Å². The average molecular weight is 304 g/mol. The van der Waals surface area contributed by atoms with Gasteiger partial charge in [0.05, 0.1) is 18.1 Å². The highest BCUT2D eigenvalue weighted by Gasteiger charge is 2.26. The molecule has 0 bridgehead atoms. The Balaban J connectivity index is 3.29. The van der Waals surface area contributed by atoms with E-state index < -0.39 is 10.0 Å². The molecule has 0 aliphatic rings. The Morgan fingerprint density at radius 1 is 1.21 bits per heavy atom. The van der Waals surface area contributed by atoms with Gasteiger partial charge in [0.15, 0.2) is 0 Å². The summed E-state index contributed by atoms with van der Waals surface area (Å²) in [6, 6.07) is 6.11. The van der Waals surface area contributed by atoms with Crippen molar-refractivity contribution in [1.29, 1.82) is 0 Å². The fourth-order valence-electron chi connectivity index (χ4n) is 1.61. The molecule has 0 atom stereocenters. The van der Waals surface area contributed by atoms with Crippen LogP contribution >= 0.6 is 12.2 Å². The van der Waals surface area contributed by atoms with E-state index in [-0.39, 0.29) is 41.8 Å². The van der Waals surface area contributed by atoms with Gasteiger partial charge in [0.1, 0.15) is 4.99 Å². The molecule has 1 rings (SSSR count). The quantitative estimate of drug-likeness (QED) is 0.575. The predicted octanol–water partition coefficient (Wildman–Crippen LogP) is -0.704. The molecule has 0 aromatic heterocycles. The van der Waals surface area contributed by atoms with E-state index in [4.69, 9.17) is 28.2 Å². The van der Waals surface area contributed by atoms with Gasteiger partial charge in [-0.3, -0.25) is 0 Å². The molecule has 19 heavy (non-hydrogen) atoms. The molecular formula is C11H16N2O4S2. The molecule has 0 heterocycles. The smallest absolute Gasteiger partial charge is 0.243 e. The van der Waals surface area contributed by atoms with E-state index >= 15 is 0 Å². The second-order valence-electron chi connectivity index (χ2n) is 3.71. The Morgan fingerprint density at radius 2 is 1.74 bits per heavy atom. The molecule has 0 fully saturated rings. The number of thiocarbonyl (C=S) groups is 1. The third-order valence-electron chi connectivity index (χ3n) is 2.47. The van der Waals surface area contributed by atoms with Gasteiger partial charge in [-0.2, -0.15) is 4.31 Å². The van der Waals surface area contributed by atoms with Gasteiger partial charge in [-0.15, -0.1) is 0 Å². The monoisotopic (exact) mass is 304 g/mol. The van der Waals surface area contributed by atoms with E-state index in [1.807, 2.05) is 0 Å². The van der Waals surface area contributed by atoms with Gasteiger partial charge < -0.3 is 15.9 Å². The predicted molar refractivity (Wildman–Crippen MR) is 75.3 cm³/mol. The molecule has 4 N–H and O–H groups in total. The summed E-state index contributed by atoms with van der Waals surface area (Å²) in [5.74, 6) is 0. The number of nitrogens with two attached hydrogens (primary N) is 1. The molecule has 0 saturated carbocycles. The van der Waals surface area contributed by atoms with Crippen molar-refractivity contribution in [3.63, 3.8) is 0 Å². The summed E-state index contributed by atoms with van der Waals surface area (Å²) < 4.78 is 25.8. The van der Waals surface area contributed by atoms with E-state index in [0.29, 0.717) is 0 Å². The normalized spacial score (nSPS) is 11.7. The van der Waals surface area contributed by atoms with Crippen LogP contribution in [0.15, 0.2) is 29.2 Å². The lowest BCUT2D eigenvalue weighted by Gasteiger charge is -2.21. The Labute approximate surface area is 117 Å². The standard InChI is InChI=1S/C11H16N2O4S2/c12-11(18)9-3-1-2-4-10(9)19(16,17)13(5-7-14)6-8-15/h1-4,14-15H,5-8H2,(H2,12,18). The molecule has 0 amide bonds. The minimum Gasteiger partial charge on any atom is -0.395 e. The van der Waals surface area contributed by atoms with Crippen molar-refractivity contribution < 1.29 is 18.6 Å². The van der Waals surface area contributed by atoms with Gasteiger partial charge in [-0.25, -0.2) is 8.42 Å². The lowest BCUT2D eigenvalue weighted by atomic mass is 10.2. The topological polar surface area (TPSA) is 104 Å². The molecular weight excluding hydrogens is 288 g/mol. The Kier molecular flexibility index (Phi) is 5.83. The zero-order chi connectivity index (χ0) is 14.5. The summed E-state index contributed by atoms with van der Waals surface area (Å²) in [6.07, 6.45) is 0. The first-order chi connectivity index (χ1) is 8.95. The van der Waals surface area contributed by atoms with Crippen molar-refractivity contribution >= 4 is 27.2 Å². The number of benzene rings is 1. The number of aliphatic hydroxyl groups is 2. The summed E-state index contributed by atoms with van der Waals surface area (Å²) in [4.78, 5) is -0.0449. The van der Waals surface area contributed by atoms with Crippen molar-refractivity contribution in [2.45, 2.75) is 4.90 Å². The number of aliphatic hydroxyl groups excluding tert-OH is 2. The van der Waals surface area contributed by atoms with Crippen LogP contribution in [0.1, 0.15) is 5.56 Å². The van der Waals surface area contributed by atoms with E-state index in [0.717, 1.165) is 4.31 Å². The lowest BCUT2D eigenvalue weighted by molar-refractivity contribution is 0.217. The first kappa shape index (κ1) is 16.0. The van der Waals surface area contributed by atoms with E-state index in [1.165, 1.54) is 12.1 Å². The third-order valence-corrected chi connectivity index (χ3v) is 4.65. The van der Waals surface area contributed by atoms with Gasteiger partial charge in [0.25, 0.3) is 0 Å². The summed E-state index contributed by atoms with van der Waals surface area (Å²) >= 11 is 4.83. The number of hydrogen-bond donors (Lipinski definition) is 3. The number of hydrogen-bond acceptors (Lipinski definition) is 5. The number of sulfonamides is 1. The van der Waals surface area contributed by atoms with Crippen LogP contribution < -0.4 is 5.73 Å². The largest absolute Gasteiger partial charge is 0.395 e. The average Bonchev–Trinajstić information content (AvgIpc) is 2.38. The van der Waals surface area contributed by atoms with E-state index in [9.17, 15) is 8.42 Å². The fraction of sp³-hybridized carbons (Fsp3) is 0.364. The Morgan fingerprint density at radius 3 is 2.21 bits per heavy atom. The number of rotatable bonds is 7. The molecule has 1 aromatic carbocycles. The fourth-order valence-corrected chi connectivity index (χ4v) is 3.48. The molecule has 0 unspecified atom stereocenters. The van der Waals surface area contributed by atoms with Crippen LogP contribution in [-0.2, 0) is 10.0 Å². The zero-order valence-corrected chi connectivity index (χ0v) is 11.8. The van der Waals surface area contributed by atoms with Crippen molar-refractivity contribution in [1.82, 2.24) is 4.31 Å². The summed E-state index contributed by atoms with van der Waals surface area (Å²) in [5.41, 5.74) is 5.76. The minimum absolute atomic E-state index is 0.0212. The van der Waals surface area contributed by atoms with Gasteiger partial charge in [-0.1, -0.05) is 30.4 Å². The van der Waals surface area contributed by atoms with Crippen LogP contribution in [0.4, 0.5) is 0 Å². The summed E-state index contributed by atoms with van der Waals surface area (Å²) in [6.45, 7) is -0.883. The maximum Gasteiger partial charge on any atom is 0.243 e. The SMILES string of the molecule is NC(=S)c1ccccc1S(=O)(=O)N(CCO)CCO. The highest BCUT2D eigenvalue weighted by atomic mass is 32.2. The molecule has 0 saturated heterocycles. The van der Waals surface area contributed by atoms with E-state index in [1.54, 1.807) is 12.1 Å². The molecule has 0 aliphatic heterocycles. The molecule has 0 radical (unpaired) electrons. The molecule has 6 nitrogen and oxygen atoms in total. The Hall–Kier alpha value is -1.06. The first-order valence-electron chi connectivity index (χ1n) is 5.56. The molecule has 106 valence electrons. The van der Waals surface area contributed by atoms with Crippen molar-refractivity contribution in [3.05, 3.63) is 29.8 Å². The highest BCUT2D eigenvalue weighted by molar-refractivity contribution is 7.89. The van der Waals surface area contributed by atoms with Crippen LogP contribution in [0, 0.1) is 0 Å². The van der Waals surface area contributed by atoms with Gasteiger partial charge in [0, 0.05) is 18.7 Å². The van der Waals surface area contributed by atoms with Gasteiger partial charge in [-0.05, 0) is 6.07 Å². The lowest BCUT2D eigenvalue weighted by Crippen LogP contribution is -2.36. The Bertz CT molecular complexity index is 539. The second-order valence-corrected chi connectivity index (χ2v) is 6.06. The minimum atomic E-state index is -3.86. The van der Waals surface area contributed by atoms with Crippen LogP contribution in [-0.4, -0.2) is 54.2 Å². The molecule has 8 heteroatoms. The van der Waals surface area contributed by atoms with Crippen molar-refractivity contribution in [2.24, 2.45) is 5.73 Å². The molecule has 0 spiro atoms. The highest BCUT2D eigenvalue weighted by Crippen LogP contribution is 2.19. The first-order valence-corrected chi connectivity index (χ1v) is 7.40. The zero-order valence-electron chi connectivity index (χ0n) is 10.2.